The molecule has 0 spiro atoms. The van der Waals surface area contributed by atoms with Crippen LogP contribution in [0.5, 0.6) is 11.5 Å². The monoisotopic (exact) mass is 312 g/mol. The molecule has 0 aliphatic heterocycles. The molecule has 2 aromatic rings. The van der Waals surface area contributed by atoms with Gasteiger partial charge in [-0.3, -0.25) is 4.79 Å². The second-order valence-corrected chi connectivity index (χ2v) is 5.32. The second kappa shape index (κ2) is 7.45. The van der Waals surface area contributed by atoms with Crippen molar-refractivity contribution in [3.05, 3.63) is 58.7 Å². The predicted molar refractivity (Wildman–Crippen MR) is 90.0 cm³/mol. The first-order valence-corrected chi connectivity index (χ1v) is 7.28. The van der Waals surface area contributed by atoms with Crippen LogP contribution < -0.4 is 10.2 Å². The SMILES string of the molecule is Cc1cccc(/C=N/NC(=O)COc2c(C)cccc2C)c1O. The molecule has 0 saturated carbocycles. The number of para-hydroxylation sites is 2. The van der Waals surface area contributed by atoms with E-state index in [-0.39, 0.29) is 18.3 Å². The van der Waals surface area contributed by atoms with Crippen LogP contribution in [-0.4, -0.2) is 23.8 Å². The van der Waals surface area contributed by atoms with Crippen LogP contribution in [0.3, 0.4) is 0 Å². The number of aryl methyl sites for hydroxylation is 3. The lowest BCUT2D eigenvalue weighted by Crippen LogP contribution is -2.25. The number of ether oxygens (including phenoxy) is 1. The number of phenols is 1. The summed E-state index contributed by atoms with van der Waals surface area (Å²) in [6.45, 7) is 5.53. The number of benzene rings is 2. The third kappa shape index (κ3) is 4.32. The van der Waals surface area contributed by atoms with Gasteiger partial charge in [-0.05, 0) is 43.5 Å². The van der Waals surface area contributed by atoms with E-state index in [1.165, 1.54) is 6.21 Å². The normalized spacial score (nSPS) is 10.7. The maximum absolute atomic E-state index is 11.8. The zero-order valence-corrected chi connectivity index (χ0v) is 13.5. The van der Waals surface area contributed by atoms with E-state index < -0.39 is 0 Å². The lowest BCUT2D eigenvalue weighted by atomic mass is 10.1. The van der Waals surface area contributed by atoms with Crippen molar-refractivity contribution in [2.24, 2.45) is 5.10 Å². The second-order valence-electron chi connectivity index (χ2n) is 5.32. The van der Waals surface area contributed by atoms with Crippen molar-refractivity contribution < 1.29 is 14.6 Å². The minimum absolute atomic E-state index is 0.122. The van der Waals surface area contributed by atoms with E-state index in [4.69, 9.17) is 4.74 Å². The Balaban J connectivity index is 1.90. The first-order chi connectivity index (χ1) is 11.0. The highest BCUT2D eigenvalue weighted by molar-refractivity contribution is 5.85. The van der Waals surface area contributed by atoms with Gasteiger partial charge in [0.1, 0.15) is 11.5 Å². The highest BCUT2D eigenvalue weighted by atomic mass is 16.5. The van der Waals surface area contributed by atoms with Gasteiger partial charge >= 0.3 is 0 Å². The third-order valence-corrected chi connectivity index (χ3v) is 3.42. The lowest BCUT2D eigenvalue weighted by molar-refractivity contribution is -0.123. The Morgan fingerprint density at radius 1 is 1.13 bits per heavy atom. The standard InChI is InChI=1S/C18H20N2O3/c1-12-6-5-9-15(17(12)22)10-19-20-16(21)11-23-18-13(2)7-4-8-14(18)3/h4-10,22H,11H2,1-3H3,(H,20,21)/b19-10+. The van der Waals surface area contributed by atoms with Crippen molar-refractivity contribution in [2.75, 3.05) is 6.61 Å². The van der Waals surface area contributed by atoms with E-state index in [1.54, 1.807) is 19.1 Å². The minimum atomic E-state index is -0.365. The molecule has 120 valence electrons. The van der Waals surface area contributed by atoms with Gasteiger partial charge in [-0.15, -0.1) is 0 Å². The smallest absolute Gasteiger partial charge is 0.277 e. The van der Waals surface area contributed by atoms with E-state index in [9.17, 15) is 9.90 Å². The minimum Gasteiger partial charge on any atom is -0.507 e. The predicted octanol–water partition coefficient (Wildman–Crippen LogP) is 2.85. The number of hydrogen-bond acceptors (Lipinski definition) is 4. The summed E-state index contributed by atoms with van der Waals surface area (Å²) in [7, 11) is 0. The first kappa shape index (κ1) is 16.5. The Morgan fingerprint density at radius 3 is 2.43 bits per heavy atom. The molecule has 1 amide bonds. The highest BCUT2D eigenvalue weighted by Gasteiger charge is 2.06. The fourth-order valence-corrected chi connectivity index (χ4v) is 2.16. The summed E-state index contributed by atoms with van der Waals surface area (Å²) < 4.78 is 5.54. The van der Waals surface area contributed by atoms with Crippen LogP contribution in [0.4, 0.5) is 0 Å². The zero-order chi connectivity index (χ0) is 16.8. The number of aromatic hydroxyl groups is 1. The number of phenolic OH excluding ortho intramolecular Hbond substituents is 1. The molecule has 2 aromatic carbocycles. The van der Waals surface area contributed by atoms with E-state index in [0.29, 0.717) is 11.3 Å². The zero-order valence-electron chi connectivity index (χ0n) is 13.5. The summed E-state index contributed by atoms with van der Waals surface area (Å²) in [5.41, 5.74) is 5.63. The molecule has 23 heavy (non-hydrogen) atoms. The molecule has 0 atom stereocenters. The molecule has 0 radical (unpaired) electrons. The Kier molecular flexibility index (Phi) is 5.36. The van der Waals surface area contributed by atoms with Gasteiger partial charge in [-0.2, -0.15) is 5.10 Å². The molecule has 2 N–H and O–H groups in total. The average Bonchev–Trinajstić information content (AvgIpc) is 2.51. The van der Waals surface area contributed by atoms with E-state index in [0.717, 1.165) is 16.7 Å². The van der Waals surface area contributed by atoms with Crippen molar-refractivity contribution in [1.82, 2.24) is 5.43 Å². The molecule has 0 unspecified atom stereocenters. The molecular formula is C18H20N2O3. The Bertz CT molecular complexity index is 719. The van der Waals surface area contributed by atoms with Crippen molar-refractivity contribution >= 4 is 12.1 Å². The number of hydrogen-bond donors (Lipinski definition) is 2. The van der Waals surface area contributed by atoms with Gasteiger partial charge in [-0.25, -0.2) is 5.43 Å². The summed E-state index contributed by atoms with van der Waals surface area (Å²) in [6.07, 6.45) is 1.40. The van der Waals surface area contributed by atoms with Crippen LogP contribution in [-0.2, 0) is 4.79 Å². The largest absolute Gasteiger partial charge is 0.507 e. The molecular weight excluding hydrogens is 292 g/mol. The van der Waals surface area contributed by atoms with Crippen molar-refractivity contribution in [1.29, 1.82) is 0 Å². The fraction of sp³-hybridized carbons (Fsp3) is 0.222. The van der Waals surface area contributed by atoms with Gasteiger partial charge in [0.25, 0.3) is 5.91 Å². The molecule has 0 fully saturated rings. The van der Waals surface area contributed by atoms with Crippen molar-refractivity contribution in [3.63, 3.8) is 0 Å². The number of hydrazone groups is 1. The summed E-state index contributed by atoms with van der Waals surface area (Å²) in [5.74, 6) is 0.497. The fourth-order valence-electron chi connectivity index (χ4n) is 2.16. The number of rotatable bonds is 5. The Hall–Kier alpha value is -2.82. The van der Waals surface area contributed by atoms with E-state index >= 15 is 0 Å². The number of carbonyl (C=O) groups excluding carboxylic acids is 1. The number of nitrogens with zero attached hydrogens (tertiary/aromatic N) is 1. The maximum atomic E-state index is 11.8. The Morgan fingerprint density at radius 2 is 1.74 bits per heavy atom. The lowest BCUT2D eigenvalue weighted by Gasteiger charge is -2.10. The van der Waals surface area contributed by atoms with Gasteiger partial charge < -0.3 is 9.84 Å². The van der Waals surface area contributed by atoms with Crippen molar-refractivity contribution in [3.8, 4) is 11.5 Å². The van der Waals surface area contributed by atoms with E-state index in [2.05, 4.69) is 10.5 Å². The quantitative estimate of drug-likeness (QED) is 0.659. The summed E-state index contributed by atoms with van der Waals surface area (Å²) >= 11 is 0. The molecule has 0 aliphatic carbocycles. The number of nitrogens with one attached hydrogen (secondary N) is 1. The van der Waals surface area contributed by atoms with Gasteiger partial charge in [-0.1, -0.05) is 30.3 Å². The first-order valence-electron chi connectivity index (χ1n) is 7.28. The number of amides is 1. The highest BCUT2D eigenvalue weighted by Crippen LogP contribution is 2.22. The van der Waals surface area contributed by atoms with E-state index in [1.807, 2.05) is 38.1 Å². The molecule has 0 saturated heterocycles. The molecule has 5 nitrogen and oxygen atoms in total. The van der Waals surface area contributed by atoms with Crippen LogP contribution in [0.15, 0.2) is 41.5 Å². The van der Waals surface area contributed by atoms with Gasteiger partial charge in [0.15, 0.2) is 6.61 Å². The molecule has 0 heterocycles. The molecule has 2 rings (SSSR count). The van der Waals surface area contributed by atoms with Crippen molar-refractivity contribution in [2.45, 2.75) is 20.8 Å². The molecule has 0 aliphatic rings. The van der Waals surface area contributed by atoms with Crippen LogP contribution >= 0.6 is 0 Å². The third-order valence-electron chi connectivity index (χ3n) is 3.42. The molecule has 5 heteroatoms. The van der Waals surface area contributed by atoms with Crippen LogP contribution in [0.25, 0.3) is 0 Å². The van der Waals surface area contributed by atoms with Gasteiger partial charge in [0, 0.05) is 5.56 Å². The van der Waals surface area contributed by atoms with Crippen LogP contribution in [0.2, 0.25) is 0 Å². The average molecular weight is 312 g/mol. The number of carbonyl (C=O) groups is 1. The summed E-state index contributed by atoms with van der Waals surface area (Å²) in [5, 5.41) is 13.7. The molecule has 0 aromatic heterocycles. The topological polar surface area (TPSA) is 70.9 Å². The van der Waals surface area contributed by atoms with Crippen LogP contribution in [0, 0.1) is 20.8 Å². The summed E-state index contributed by atoms with van der Waals surface area (Å²) in [4.78, 5) is 11.8. The summed E-state index contributed by atoms with van der Waals surface area (Å²) in [6, 6.07) is 11.1. The van der Waals surface area contributed by atoms with Crippen LogP contribution in [0.1, 0.15) is 22.3 Å². The maximum Gasteiger partial charge on any atom is 0.277 e. The van der Waals surface area contributed by atoms with Gasteiger partial charge in [0.2, 0.25) is 0 Å². The Labute approximate surface area is 135 Å². The van der Waals surface area contributed by atoms with Gasteiger partial charge in [0.05, 0.1) is 6.21 Å². The molecule has 0 bridgehead atoms.